The van der Waals surface area contributed by atoms with Gasteiger partial charge in [-0.2, -0.15) is 13.2 Å². The number of nitrogens with one attached hydrogen (secondary N) is 1. The van der Waals surface area contributed by atoms with E-state index in [9.17, 15) is 27.6 Å². The third-order valence-electron chi connectivity index (χ3n) is 3.23. The Balaban J connectivity index is 2.75. The Labute approximate surface area is 131 Å². The number of halogens is 3. The highest BCUT2D eigenvalue weighted by molar-refractivity contribution is 5.97. The zero-order valence-corrected chi connectivity index (χ0v) is 12.4. The lowest BCUT2D eigenvalue weighted by molar-refractivity contribution is -0.137. The predicted molar refractivity (Wildman–Crippen MR) is 76.4 cm³/mol. The number of benzene rings is 1. The van der Waals surface area contributed by atoms with E-state index in [1.807, 2.05) is 0 Å². The lowest BCUT2D eigenvalue weighted by atomic mass is 10.1. The van der Waals surface area contributed by atoms with E-state index in [2.05, 4.69) is 5.32 Å². The van der Waals surface area contributed by atoms with Gasteiger partial charge >= 0.3 is 6.18 Å². The molecular formula is C15H17F3N2O3. The number of Topliss-reactive ketones (excluding diaryl/α,β-unsaturated/α-hetero) is 1. The van der Waals surface area contributed by atoms with Crippen molar-refractivity contribution in [2.45, 2.75) is 38.4 Å². The molecular weight excluding hydrogens is 313 g/mol. The molecule has 0 fully saturated rings. The van der Waals surface area contributed by atoms with Gasteiger partial charge in [0.05, 0.1) is 5.56 Å². The molecule has 0 heterocycles. The SMILES string of the molecule is CCC(=O)CC[C@@H](NC(=O)c1ccc(C(F)(F)F)cc1)C(N)=O. The second kappa shape index (κ2) is 7.75. The highest BCUT2D eigenvalue weighted by atomic mass is 19.4. The number of primary amides is 1. The number of alkyl halides is 3. The molecule has 126 valence electrons. The van der Waals surface area contributed by atoms with Gasteiger partial charge in [-0.15, -0.1) is 0 Å². The summed E-state index contributed by atoms with van der Waals surface area (Å²) in [5.41, 5.74) is 4.24. The van der Waals surface area contributed by atoms with Crippen molar-refractivity contribution in [3.63, 3.8) is 0 Å². The number of carbonyl (C=O) groups excluding carboxylic acids is 3. The second-order valence-corrected chi connectivity index (χ2v) is 4.93. The summed E-state index contributed by atoms with van der Waals surface area (Å²) in [6.07, 6.45) is -4.06. The number of carbonyl (C=O) groups is 3. The van der Waals surface area contributed by atoms with Gasteiger partial charge in [-0.05, 0) is 30.7 Å². The molecule has 3 N–H and O–H groups in total. The zero-order chi connectivity index (χ0) is 17.6. The molecule has 0 spiro atoms. The van der Waals surface area contributed by atoms with Gasteiger partial charge in [-0.3, -0.25) is 14.4 Å². The Bertz CT molecular complexity index is 583. The van der Waals surface area contributed by atoms with Gasteiger partial charge in [0.2, 0.25) is 5.91 Å². The summed E-state index contributed by atoms with van der Waals surface area (Å²) in [5.74, 6) is -1.62. The van der Waals surface area contributed by atoms with Crippen LogP contribution in [0.15, 0.2) is 24.3 Å². The number of hydrogen-bond acceptors (Lipinski definition) is 3. The van der Waals surface area contributed by atoms with Crippen LogP contribution in [0.1, 0.15) is 42.1 Å². The maximum Gasteiger partial charge on any atom is 0.416 e. The molecule has 5 nitrogen and oxygen atoms in total. The Kier molecular flexibility index (Phi) is 6.29. The van der Waals surface area contributed by atoms with Crippen LogP contribution < -0.4 is 11.1 Å². The molecule has 0 bridgehead atoms. The molecule has 0 saturated carbocycles. The molecule has 1 atom stereocenters. The van der Waals surface area contributed by atoms with Gasteiger partial charge in [0.25, 0.3) is 5.91 Å². The van der Waals surface area contributed by atoms with Crippen LogP contribution in [0.3, 0.4) is 0 Å². The summed E-state index contributed by atoms with van der Waals surface area (Å²) in [6, 6.07) is 2.50. The van der Waals surface area contributed by atoms with Crippen LogP contribution in [0.2, 0.25) is 0 Å². The van der Waals surface area contributed by atoms with Crippen molar-refractivity contribution < 1.29 is 27.6 Å². The number of ketones is 1. The fraction of sp³-hybridized carbons (Fsp3) is 0.400. The summed E-state index contributed by atoms with van der Waals surface area (Å²) in [6.45, 7) is 1.67. The highest BCUT2D eigenvalue weighted by Gasteiger charge is 2.30. The monoisotopic (exact) mass is 330 g/mol. The third-order valence-corrected chi connectivity index (χ3v) is 3.23. The first-order valence-corrected chi connectivity index (χ1v) is 6.94. The molecule has 23 heavy (non-hydrogen) atoms. The van der Waals surface area contributed by atoms with E-state index in [1.54, 1.807) is 6.92 Å². The first-order chi connectivity index (χ1) is 10.6. The number of rotatable bonds is 7. The summed E-state index contributed by atoms with van der Waals surface area (Å²) in [7, 11) is 0. The molecule has 0 aliphatic heterocycles. The minimum Gasteiger partial charge on any atom is -0.368 e. The van der Waals surface area contributed by atoms with E-state index in [-0.39, 0.29) is 24.2 Å². The van der Waals surface area contributed by atoms with Crippen molar-refractivity contribution in [2.75, 3.05) is 0 Å². The van der Waals surface area contributed by atoms with Gasteiger partial charge in [-0.25, -0.2) is 0 Å². The van der Waals surface area contributed by atoms with Crippen LogP contribution in [0.5, 0.6) is 0 Å². The van der Waals surface area contributed by atoms with Gasteiger partial charge in [-0.1, -0.05) is 6.92 Å². The molecule has 1 aromatic rings. The summed E-state index contributed by atoms with van der Waals surface area (Å²) in [4.78, 5) is 34.5. The van der Waals surface area contributed by atoms with Crippen LogP contribution in [-0.4, -0.2) is 23.6 Å². The van der Waals surface area contributed by atoms with E-state index >= 15 is 0 Å². The molecule has 0 saturated heterocycles. The van der Waals surface area contributed by atoms with E-state index in [0.29, 0.717) is 6.42 Å². The largest absolute Gasteiger partial charge is 0.416 e. The molecule has 1 aromatic carbocycles. The summed E-state index contributed by atoms with van der Waals surface area (Å²) >= 11 is 0. The quantitative estimate of drug-likeness (QED) is 0.802. The Morgan fingerprint density at radius 1 is 1.17 bits per heavy atom. The molecule has 0 aliphatic carbocycles. The standard InChI is InChI=1S/C15H17F3N2O3/c1-2-11(21)7-8-12(13(19)22)20-14(23)9-3-5-10(6-4-9)15(16,17)18/h3-6,12H,2,7-8H2,1H3,(H2,19,22)(H,20,23)/t12-/m1/s1. The number of hydrogen-bond donors (Lipinski definition) is 2. The van der Waals surface area contributed by atoms with Gasteiger partial charge < -0.3 is 11.1 Å². The minimum absolute atomic E-state index is 0.0360. The first kappa shape index (κ1) is 18.7. The highest BCUT2D eigenvalue weighted by Crippen LogP contribution is 2.29. The van der Waals surface area contributed by atoms with Crippen molar-refractivity contribution in [2.24, 2.45) is 5.73 Å². The molecule has 8 heteroatoms. The zero-order valence-electron chi connectivity index (χ0n) is 12.4. The van der Waals surface area contributed by atoms with Gasteiger partial charge in [0.1, 0.15) is 11.8 Å². The third kappa shape index (κ3) is 5.72. The maximum absolute atomic E-state index is 12.5. The van der Waals surface area contributed by atoms with E-state index in [0.717, 1.165) is 24.3 Å². The fourth-order valence-electron chi connectivity index (χ4n) is 1.82. The van der Waals surface area contributed by atoms with E-state index in [1.165, 1.54) is 0 Å². The van der Waals surface area contributed by atoms with Crippen LogP contribution >= 0.6 is 0 Å². The van der Waals surface area contributed by atoms with Gasteiger partial charge in [0.15, 0.2) is 0 Å². The minimum atomic E-state index is -4.49. The Morgan fingerprint density at radius 2 is 1.74 bits per heavy atom. The second-order valence-electron chi connectivity index (χ2n) is 4.93. The molecule has 1 rings (SSSR count). The van der Waals surface area contributed by atoms with Crippen LogP contribution in [0, 0.1) is 0 Å². The smallest absolute Gasteiger partial charge is 0.368 e. The normalized spacial score (nSPS) is 12.5. The van der Waals surface area contributed by atoms with E-state index in [4.69, 9.17) is 5.73 Å². The average Bonchev–Trinajstić information content (AvgIpc) is 2.49. The van der Waals surface area contributed by atoms with Gasteiger partial charge in [0, 0.05) is 18.4 Å². The predicted octanol–water partition coefficient (Wildman–Crippen LogP) is 2.05. The van der Waals surface area contributed by atoms with Crippen molar-refractivity contribution in [1.82, 2.24) is 5.32 Å². The number of amides is 2. The first-order valence-electron chi connectivity index (χ1n) is 6.94. The van der Waals surface area contributed by atoms with Crippen LogP contribution in [0.25, 0.3) is 0 Å². The summed E-state index contributed by atoms with van der Waals surface area (Å²) < 4.78 is 37.4. The maximum atomic E-state index is 12.5. The van der Waals surface area contributed by atoms with Crippen molar-refractivity contribution in [3.05, 3.63) is 35.4 Å². The number of nitrogens with two attached hydrogens (primary N) is 1. The summed E-state index contributed by atoms with van der Waals surface area (Å²) in [5, 5.41) is 2.32. The lowest BCUT2D eigenvalue weighted by Gasteiger charge is -2.15. The average molecular weight is 330 g/mol. The van der Waals surface area contributed by atoms with Crippen molar-refractivity contribution in [1.29, 1.82) is 0 Å². The Morgan fingerprint density at radius 3 is 2.17 bits per heavy atom. The molecule has 0 radical (unpaired) electrons. The van der Waals surface area contributed by atoms with E-state index < -0.39 is 29.6 Å². The van der Waals surface area contributed by atoms with Crippen molar-refractivity contribution in [3.8, 4) is 0 Å². The molecule has 0 aliphatic rings. The lowest BCUT2D eigenvalue weighted by Crippen LogP contribution is -2.44. The Hall–Kier alpha value is -2.38. The molecule has 0 unspecified atom stereocenters. The van der Waals surface area contributed by atoms with Crippen LogP contribution in [-0.2, 0) is 15.8 Å². The topological polar surface area (TPSA) is 89.3 Å². The van der Waals surface area contributed by atoms with Crippen LogP contribution in [0.4, 0.5) is 13.2 Å². The fourth-order valence-corrected chi connectivity index (χ4v) is 1.82. The van der Waals surface area contributed by atoms with Crippen molar-refractivity contribution >= 4 is 17.6 Å². The molecule has 2 amide bonds. The molecule has 0 aromatic heterocycles.